The molecule has 0 saturated carbocycles. The van der Waals surface area contributed by atoms with E-state index in [2.05, 4.69) is 5.32 Å². The molecule has 0 unspecified atom stereocenters. The molecule has 1 aromatic carbocycles. The van der Waals surface area contributed by atoms with Gasteiger partial charge in [-0.3, -0.25) is 0 Å². The highest BCUT2D eigenvalue weighted by atomic mass is 35.5. The van der Waals surface area contributed by atoms with Crippen molar-refractivity contribution >= 4 is 29.3 Å². The molecule has 0 spiro atoms. The van der Waals surface area contributed by atoms with Crippen LogP contribution in [0.1, 0.15) is 36.0 Å². The predicted molar refractivity (Wildman–Crippen MR) is 77.5 cm³/mol. The molecule has 2 amide bonds. The number of benzene rings is 1. The number of halogens is 1. The molecule has 1 aliphatic rings. The van der Waals surface area contributed by atoms with E-state index < -0.39 is 5.97 Å². The predicted octanol–water partition coefficient (Wildman–Crippen LogP) is 3.45. The molecule has 0 aromatic heterocycles. The van der Waals surface area contributed by atoms with E-state index in [1.54, 1.807) is 11.0 Å². The number of urea groups is 1. The molecule has 1 fully saturated rings. The van der Waals surface area contributed by atoms with Gasteiger partial charge in [-0.25, -0.2) is 9.59 Å². The summed E-state index contributed by atoms with van der Waals surface area (Å²) in [5, 5.41) is 12.1. The van der Waals surface area contributed by atoms with Crippen LogP contribution in [0.25, 0.3) is 0 Å². The van der Waals surface area contributed by atoms with Crippen LogP contribution in [0.3, 0.4) is 0 Å². The van der Waals surface area contributed by atoms with Crippen molar-refractivity contribution in [2.45, 2.75) is 25.7 Å². The van der Waals surface area contributed by atoms with E-state index in [0.717, 1.165) is 25.7 Å². The molecule has 2 N–H and O–H groups in total. The Morgan fingerprint density at radius 1 is 1.15 bits per heavy atom. The van der Waals surface area contributed by atoms with Gasteiger partial charge in [0, 0.05) is 18.1 Å². The summed E-state index contributed by atoms with van der Waals surface area (Å²) in [6.07, 6.45) is 4.23. The monoisotopic (exact) mass is 296 g/mol. The Kier molecular flexibility index (Phi) is 4.84. The number of carboxylic acid groups (broad SMARTS) is 1. The summed E-state index contributed by atoms with van der Waals surface area (Å²) in [5.41, 5.74) is 0.275. The first-order valence-electron chi connectivity index (χ1n) is 6.66. The van der Waals surface area contributed by atoms with Crippen molar-refractivity contribution in [3.05, 3.63) is 28.8 Å². The maximum absolute atomic E-state index is 12.2. The van der Waals surface area contributed by atoms with E-state index >= 15 is 0 Å². The van der Waals surface area contributed by atoms with Crippen LogP contribution in [0.15, 0.2) is 18.2 Å². The van der Waals surface area contributed by atoms with Crippen LogP contribution in [-0.2, 0) is 0 Å². The first-order valence-corrected chi connectivity index (χ1v) is 7.04. The normalized spacial score (nSPS) is 15.6. The van der Waals surface area contributed by atoms with Gasteiger partial charge in [0.05, 0.1) is 11.3 Å². The Bertz CT molecular complexity index is 511. The standard InChI is InChI=1S/C14H17ClN2O3/c15-10-5-6-12(11(9-10)13(18)19)16-14(20)17-7-3-1-2-4-8-17/h5-6,9H,1-4,7-8H2,(H,16,20)(H,18,19). The summed E-state index contributed by atoms with van der Waals surface area (Å²) in [7, 11) is 0. The fourth-order valence-corrected chi connectivity index (χ4v) is 2.44. The molecular formula is C14H17ClN2O3. The molecular weight excluding hydrogens is 280 g/mol. The molecule has 6 heteroatoms. The minimum absolute atomic E-state index is 0.000622. The fourth-order valence-electron chi connectivity index (χ4n) is 2.27. The van der Waals surface area contributed by atoms with Gasteiger partial charge in [0.2, 0.25) is 0 Å². The van der Waals surface area contributed by atoms with E-state index in [9.17, 15) is 9.59 Å². The molecule has 1 aliphatic heterocycles. The third-order valence-corrected chi connectivity index (χ3v) is 3.58. The number of anilines is 1. The van der Waals surface area contributed by atoms with E-state index in [0.29, 0.717) is 18.1 Å². The molecule has 1 aromatic rings. The number of nitrogens with one attached hydrogen (secondary N) is 1. The third kappa shape index (κ3) is 3.63. The quantitative estimate of drug-likeness (QED) is 0.878. The van der Waals surface area contributed by atoms with Gasteiger partial charge in [-0.2, -0.15) is 0 Å². The zero-order valence-electron chi connectivity index (χ0n) is 11.1. The Balaban J connectivity index is 2.12. The molecule has 1 saturated heterocycles. The van der Waals surface area contributed by atoms with Gasteiger partial charge in [0.1, 0.15) is 0 Å². The highest BCUT2D eigenvalue weighted by Crippen LogP contribution is 2.21. The number of hydrogen-bond acceptors (Lipinski definition) is 2. The first-order chi connectivity index (χ1) is 9.58. The van der Waals surface area contributed by atoms with Crippen LogP contribution < -0.4 is 5.32 Å². The van der Waals surface area contributed by atoms with Crippen LogP contribution >= 0.6 is 11.6 Å². The summed E-state index contributed by atoms with van der Waals surface area (Å²) in [5.74, 6) is -1.11. The number of aromatic carboxylic acids is 1. The van der Waals surface area contributed by atoms with Gasteiger partial charge < -0.3 is 15.3 Å². The smallest absolute Gasteiger partial charge is 0.337 e. The van der Waals surface area contributed by atoms with Crippen molar-refractivity contribution in [1.82, 2.24) is 4.90 Å². The van der Waals surface area contributed by atoms with E-state index in [1.807, 2.05) is 0 Å². The van der Waals surface area contributed by atoms with Crippen molar-refractivity contribution < 1.29 is 14.7 Å². The second-order valence-electron chi connectivity index (χ2n) is 4.83. The van der Waals surface area contributed by atoms with Crippen molar-refractivity contribution in [2.75, 3.05) is 18.4 Å². The number of amides is 2. The van der Waals surface area contributed by atoms with Gasteiger partial charge in [0.25, 0.3) is 0 Å². The number of carbonyl (C=O) groups excluding carboxylic acids is 1. The fraction of sp³-hybridized carbons (Fsp3) is 0.429. The summed E-state index contributed by atoms with van der Waals surface area (Å²) in [6, 6.07) is 4.16. The molecule has 0 bridgehead atoms. The minimum atomic E-state index is -1.11. The molecule has 0 aliphatic carbocycles. The number of nitrogens with zero attached hydrogens (tertiary/aromatic N) is 1. The number of carbonyl (C=O) groups is 2. The van der Waals surface area contributed by atoms with Gasteiger partial charge >= 0.3 is 12.0 Å². The lowest BCUT2D eigenvalue weighted by atomic mass is 10.2. The Hall–Kier alpha value is -1.75. The van der Waals surface area contributed by atoms with Crippen LogP contribution in [0, 0.1) is 0 Å². The summed E-state index contributed by atoms with van der Waals surface area (Å²) >= 11 is 5.78. The van der Waals surface area contributed by atoms with Gasteiger partial charge in [0.15, 0.2) is 0 Å². The highest BCUT2D eigenvalue weighted by Gasteiger charge is 2.18. The molecule has 0 atom stereocenters. The lowest BCUT2D eigenvalue weighted by molar-refractivity contribution is 0.0698. The van der Waals surface area contributed by atoms with Crippen molar-refractivity contribution in [1.29, 1.82) is 0 Å². The second kappa shape index (κ2) is 6.61. The van der Waals surface area contributed by atoms with Crippen LogP contribution in [-0.4, -0.2) is 35.1 Å². The van der Waals surface area contributed by atoms with Crippen LogP contribution in [0.4, 0.5) is 10.5 Å². The first kappa shape index (κ1) is 14.7. The maximum Gasteiger partial charge on any atom is 0.337 e. The molecule has 1 heterocycles. The van der Waals surface area contributed by atoms with Crippen molar-refractivity contribution in [2.24, 2.45) is 0 Å². The Labute approximate surface area is 122 Å². The van der Waals surface area contributed by atoms with Crippen molar-refractivity contribution in [3.8, 4) is 0 Å². The third-order valence-electron chi connectivity index (χ3n) is 3.35. The Morgan fingerprint density at radius 3 is 2.40 bits per heavy atom. The summed E-state index contributed by atoms with van der Waals surface area (Å²) in [4.78, 5) is 25.1. The Morgan fingerprint density at radius 2 is 1.80 bits per heavy atom. The number of likely N-dealkylation sites (tertiary alicyclic amines) is 1. The molecule has 2 rings (SSSR count). The topological polar surface area (TPSA) is 69.6 Å². The second-order valence-corrected chi connectivity index (χ2v) is 5.26. The zero-order valence-corrected chi connectivity index (χ0v) is 11.8. The number of hydrogen-bond donors (Lipinski definition) is 2. The SMILES string of the molecule is O=C(O)c1cc(Cl)ccc1NC(=O)N1CCCCCC1. The zero-order chi connectivity index (χ0) is 14.5. The van der Waals surface area contributed by atoms with E-state index in [4.69, 9.17) is 16.7 Å². The minimum Gasteiger partial charge on any atom is -0.478 e. The lowest BCUT2D eigenvalue weighted by Crippen LogP contribution is -2.36. The molecule has 108 valence electrons. The molecule has 20 heavy (non-hydrogen) atoms. The lowest BCUT2D eigenvalue weighted by Gasteiger charge is -2.21. The van der Waals surface area contributed by atoms with Crippen LogP contribution in [0.2, 0.25) is 5.02 Å². The van der Waals surface area contributed by atoms with Gasteiger partial charge in [-0.15, -0.1) is 0 Å². The highest BCUT2D eigenvalue weighted by molar-refractivity contribution is 6.31. The summed E-state index contributed by atoms with van der Waals surface area (Å²) < 4.78 is 0. The van der Waals surface area contributed by atoms with Crippen LogP contribution in [0.5, 0.6) is 0 Å². The maximum atomic E-state index is 12.2. The molecule has 0 radical (unpaired) electrons. The van der Waals surface area contributed by atoms with Gasteiger partial charge in [-0.05, 0) is 31.0 Å². The van der Waals surface area contributed by atoms with Gasteiger partial charge in [-0.1, -0.05) is 24.4 Å². The average molecular weight is 297 g/mol. The number of rotatable bonds is 2. The number of carboxylic acids is 1. The van der Waals surface area contributed by atoms with Crippen molar-refractivity contribution in [3.63, 3.8) is 0 Å². The average Bonchev–Trinajstić information content (AvgIpc) is 2.69. The summed E-state index contributed by atoms with van der Waals surface area (Å²) in [6.45, 7) is 1.42. The molecule has 5 nitrogen and oxygen atoms in total. The largest absolute Gasteiger partial charge is 0.478 e. The van der Waals surface area contributed by atoms with E-state index in [-0.39, 0.29) is 17.3 Å². The van der Waals surface area contributed by atoms with E-state index in [1.165, 1.54) is 12.1 Å².